The quantitative estimate of drug-likeness (QED) is 0.809. The first kappa shape index (κ1) is 14.0. The van der Waals surface area contributed by atoms with Crippen LogP contribution in [-0.4, -0.2) is 36.6 Å². The van der Waals surface area contributed by atoms with Crippen molar-refractivity contribution >= 4 is 16.6 Å². The van der Waals surface area contributed by atoms with E-state index >= 15 is 0 Å². The molecule has 2 saturated heterocycles. The van der Waals surface area contributed by atoms with E-state index < -0.39 is 0 Å². The average molecular weight is 298 g/mol. The number of hydrogen-bond acceptors (Lipinski definition) is 4. The van der Waals surface area contributed by atoms with Gasteiger partial charge in [-0.1, -0.05) is 18.2 Å². The van der Waals surface area contributed by atoms with Crippen molar-refractivity contribution in [2.75, 3.05) is 24.6 Å². The van der Waals surface area contributed by atoms with Crippen LogP contribution in [0.4, 0.5) is 5.69 Å². The van der Waals surface area contributed by atoms with Crippen LogP contribution in [-0.2, 0) is 9.47 Å². The summed E-state index contributed by atoms with van der Waals surface area (Å²) in [4.78, 5) is 6.98. The van der Waals surface area contributed by atoms with Gasteiger partial charge in [-0.05, 0) is 25.5 Å². The molecule has 22 heavy (non-hydrogen) atoms. The molecule has 116 valence electrons. The SMILES string of the molecule is Cc1cccc2c(N3CCC4(CC3)OCC(C)O4)ccnc12. The summed E-state index contributed by atoms with van der Waals surface area (Å²) in [5.41, 5.74) is 3.60. The average Bonchev–Trinajstić information content (AvgIpc) is 2.89. The van der Waals surface area contributed by atoms with Crippen LogP contribution in [0.2, 0.25) is 0 Å². The van der Waals surface area contributed by atoms with Crippen LogP contribution in [0.15, 0.2) is 30.5 Å². The third-order valence-corrected chi connectivity index (χ3v) is 4.81. The molecule has 1 atom stereocenters. The van der Waals surface area contributed by atoms with Gasteiger partial charge in [-0.15, -0.1) is 0 Å². The molecule has 2 fully saturated rings. The first-order valence-electron chi connectivity index (χ1n) is 8.08. The molecule has 4 rings (SSSR count). The highest BCUT2D eigenvalue weighted by molar-refractivity contribution is 5.93. The normalized spacial score (nSPS) is 24.3. The first-order chi connectivity index (χ1) is 10.7. The number of aromatic nitrogens is 1. The third-order valence-electron chi connectivity index (χ3n) is 4.81. The van der Waals surface area contributed by atoms with Crippen molar-refractivity contribution in [3.63, 3.8) is 0 Å². The zero-order chi connectivity index (χ0) is 15.2. The number of benzene rings is 1. The number of nitrogens with zero attached hydrogens (tertiary/aromatic N) is 2. The molecule has 0 radical (unpaired) electrons. The highest BCUT2D eigenvalue weighted by atomic mass is 16.7. The van der Waals surface area contributed by atoms with E-state index in [4.69, 9.17) is 9.47 Å². The lowest BCUT2D eigenvalue weighted by molar-refractivity contribution is -0.178. The standard InChI is InChI=1S/C18H22N2O2/c1-13-4-3-5-15-16(6-9-19-17(13)15)20-10-7-18(8-11-20)21-12-14(2)22-18/h3-6,9,14H,7-8,10-12H2,1-2H3. The smallest absolute Gasteiger partial charge is 0.172 e. The molecule has 2 aliphatic heterocycles. The zero-order valence-electron chi connectivity index (χ0n) is 13.2. The second-order valence-corrected chi connectivity index (χ2v) is 6.44. The Hall–Kier alpha value is -1.65. The van der Waals surface area contributed by atoms with Gasteiger partial charge in [0.05, 0.1) is 18.2 Å². The predicted molar refractivity (Wildman–Crippen MR) is 87.2 cm³/mol. The number of fused-ring (bicyclic) bond motifs is 1. The Kier molecular flexibility index (Phi) is 3.31. The van der Waals surface area contributed by atoms with Crippen molar-refractivity contribution in [2.45, 2.75) is 38.6 Å². The topological polar surface area (TPSA) is 34.6 Å². The van der Waals surface area contributed by atoms with Gasteiger partial charge in [-0.3, -0.25) is 4.98 Å². The molecular formula is C18H22N2O2. The molecule has 0 N–H and O–H groups in total. The fourth-order valence-corrected chi connectivity index (χ4v) is 3.64. The maximum Gasteiger partial charge on any atom is 0.172 e. The monoisotopic (exact) mass is 298 g/mol. The summed E-state index contributed by atoms with van der Waals surface area (Å²) < 4.78 is 11.9. The van der Waals surface area contributed by atoms with Gasteiger partial charge in [0.25, 0.3) is 0 Å². The number of ether oxygens (including phenoxy) is 2. The largest absolute Gasteiger partial charge is 0.371 e. The zero-order valence-corrected chi connectivity index (χ0v) is 13.2. The molecule has 1 unspecified atom stereocenters. The first-order valence-corrected chi connectivity index (χ1v) is 8.08. The Morgan fingerprint density at radius 1 is 1.23 bits per heavy atom. The Balaban J connectivity index is 1.61. The second kappa shape index (κ2) is 5.21. The van der Waals surface area contributed by atoms with Gasteiger partial charge in [-0.25, -0.2) is 0 Å². The van der Waals surface area contributed by atoms with Crippen molar-refractivity contribution < 1.29 is 9.47 Å². The van der Waals surface area contributed by atoms with Crippen molar-refractivity contribution in [3.05, 3.63) is 36.0 Å². The van der Waals surface area contributed by atoms with Crippen molar-refractivity contribution in [1.82, 2.24) is 4.98 Å². The van der Waals surface area contributed by atoms with E-state index in [1.54, 1.807) is 0 Å². The molecule has 0 saturated carbocycles. The summed E-state index contributed by atoms with van der Waals surface area (Å²) in [5.74, 6) is -0.339. The summed E-state index contributed by atoms with van der Waals surface area (Å²) in [5, 5.41) is 1.24. The Morgan fingerprint density at radius 3 is 2.77 bits per heavy atom. The minimum Gasteiger partial charge on any atom is -0.371 e. The van der Waals surface area contributed by atoms with Crippen molar-refractivity contribution in [2.24, 2.45) is 0 Å². The molecule has 0 aliphatic carbocycles. The molecule has 4 heteroatoms. The minimum atomic E-state index is -0.339. The van der Waals surface area contributed by atoms with E-state index in [0.29, 0.717) is 0 Å². The molecule has 0 amide bonds. The number of hydrogen-bond donors (Lipinski definition) is 0. The van der Waals surface area contributed by atoms with Crippen LogP contribution in [0.5, 0.6) is 0 Å². The molecular weight excluding hydrogens is 276 g/mol. The van der Waals surface area contributed by atoms with E-state index in [9.17, 15) is 0 Å². The molecule has 4 nitrogen and oxygen atoms in total. The molecule has 0 bridgehead atoms. The van der Waals surface area contributed by atoms with E-state index in [0.717, 1.165) is 38.1 Å². The summed E-state index contributed by atoms with van der Waals surface area (Å²) in [6.07, 6.45) is 3.98. The molecule has 1 spiro atoms. The molecule has 1 aromatic carbocycles. The highest BCUT2D eigenvalue weighted by Crippen LogP contribution is 2.37. The Bertz CT molecular complexity index is 693. The molecule has 2 aliphatic rings. The van der Waals surface area contributed by atoms with Gasteiger partial charge >= 0.3 is 0 Å². The maximum absolute atomic E-state index is 6.02. The minimum absolute atomic E-state index is 0.218. The molecule has 1 aromatic heterocycles. The number of rotatable bonds is 1. The summed E-state index contributed by atoms with van der Waals surface area (Å²) in [7, 11) is 0. The summed E-state index contributed by atoms with van der Waals surface area (Å²) in [6, 6.07) is 8.52. The molecule has 2 aromatic rings. The van der Waals surface area contributed by atoms with Crippen LogP contribution in [0, 0.1) is 6.92 Å². The number of para-hydroxylation sites is 1. The van der Waals surface area contributed by atoms with Gasteiger partial charge in [0.15, 0.2) is 5.79 Å². The van der Waals surface area contributed by atoms with Gasteiger partial charge in [0.1, 0.15) is 0 Å². The van der Waals surface area contributed by atoms with Gasteiger partial charge < -0.3 is 14.4 Å². The number of piperidine rings is 1. The number of anilines is 1. The van der Waals surface area contributed by atoms with Crippen LogP contribution in [0.25, 0.3) is 10.9 Å². The third kappa shape index (κ3) is 2.27. The fraction of sp³-hybridized carbons (Fsp3) is 0.500. The maximum atomic E-state index is 6.02. The summed E-state index contributed by atoms with van der Waals surface area (Å²) in [6.45, 7) is 6.84. The molecule has 3 heterocycles. The van der Waals surface area contributed by atoms with Crippen molar-refractivity contribution in [3.8, 4) is 0 Å². The summed E-state index contributed by atoms with van der Waals surface area (Å²) >= 11 is 0. The highest BCUT2D eigenvalue weighted by Gasteiger charge is 2.42. The lowest BCUT2D eigenvalue weighted by Gasteiger charge is -2.39. The number of aryl methyl sites for hydroxylation is 1. The van der Waals surface area contributed by atoms with E-state index in [2.05, 4.69) is 48.0 Å². The van der Waals surface area contributed by atoms with E-state index in [-0.39, 0.29) is 11.9 Å². The van der Waals surface area contributed by atoms with Crippen LogP contribution in [0.3, 0.4) is 0 Å². The van der Waals surface area contributed by atoms with Crippen LogP contribution >= 0.6 is 0 Å². The Labute approximate surface area is 131 Å². The van der Waals surface area contributed by atoms with Gasteiger partial charge in [0, 0.05) is 43.2 Å². The number of pyridine rings is 1. The van der Waals surface area contributed by atoms with Crippen LogP contribution < -0.4 is 4.90 Å². The van der Waals surface area contributed by atoms with Gasteiger partial charge in [-0.2, -0.15) is 0 Å². The lowest BCUT2D eigenvalue weighted by atomic mass is 10.0. The predicted octanol–water partition coefficient (Wildman–Crippen LogP) is 3.28. The fourth-order valence-electron chi connectivity index (χ4n) is 3.64. The second-order valence-electron chi connectivity index (χ2n) is 6.44. The van der Waals surface area contributed by atoms with Crippen molar-refractivity contribution in [1.29, 1.82) is 0 Å². The van der Waals surface area contributed by atoms with E-state index in [1.165, 1.54) is 16.6 Å². The lowest BCUT2D eigenvalue weighted by Crippen LogP contribution is -2.45. The van der Waals surface area contributed by atoms with E-state index in [1.807, 2.05) is 6.20 Å². The van der Waals surface area contributed by atoms with Gasteiger partial charge in [0.2, 0.25) is 0 Å². The van der Waals surface area contributed by atoms with Crippen LogP contribution in [0.1, 0.15) is 25.3 Å². The Morgan fingerprint density at radius 2 is 2.05 bits per heavy atom.